The van der Waals surface area contributed by atoms with E-state index in [1.54, 1.807) is 36.4 Å². The Bertz CT molecular complexity index is 4100. The number of aryl methyl sites for hydroxylation is 5. The molecule has 1 aliphatic carbocycles. The molecular weight excluding hydrogens is 1050 g/mol. The van der Waals surface area contributed by atoms with Gasteiger partial charge in [-0.15, -0.1) is 11.6 Å². The van der Waals surface area contributed by atoms with Gasteiger partial charge in [-0.2, -0.15) is 0 Å². The van der Waals surface area contributed by atoms with E-state index < -0.39 is 37.6 Å². The van der Waals surface area contributed by atoms with Crippen LogP contribution in [0.1, 0.15) is 106 Å². The Morgan fingerprint density at radius 1 is 0.620 bits per heavy atom. The number of benzene rings is 7. The van der Waals surface area contributed by atoms with Crippen molar-refractivity contribution >= 4 is 32.7 Å². The van der Waals surface area contributed by atoms with Gasteiger partial charge in [-0.25, -0.2) is 0 Å². The molecule has 1 saturated carbocycles. The SMILES string of the molecule is [2H]C([2H])([2H])c1cnc(-c2[c-]c(Oc3[c-]c(-c4cc(-c5ccc(-c6ccc(C7([2H])CCC(C)(C)C(C)(C)C7)cc6C)cc5C)c(C)cn4)c4oc5cc6ccccc6cc5c4c3)c(C([2H])([2H])[2H])c(-c3ccccc3)c2)cc1C([2H])([2H])[2H].[Pt+2]. The van der Waals surface area contributed by atoms with Gasteiger partial charge in [0.05, 0.1) is 5.58 Å². The second kappa shape index (κ2) is 18.5. The van der Waals surface area contributed by atoms with Crippen LogP contribution in [0.15, 0.2) is 144 Å². The molecule has 71 heavy (non-hydrogen) atoms. The molecule has 0 N–H and O–H groups in total. The number of pyridine rings is 2. The maximum absolute atomic E-state index is 9.66. The van der Waals surface area contributed by atoms with Crippen LogP contribution < -0.4 is 4.74 Å². The number of furan rings is 1. The minimum absolute atomic E-state index is 0. The molecule has 0 aliphatic heterocycles. The summed E-state index contributed by atoms with van der Waals surface area (Å²) in [7, 11) is 0. The van der Waals surface area contributed by atoms with Crippen LogP contribution in [-0.4, -0.2) is 9.97 Å². The van der Waals surface area contributed by atoms with Crippen molar-refractivity contribution in [2.75, 3.05) is 0 Å². The fourth-order valence-corrected chi connectivity index (χ4v) is 10.2. The second-order valence-electron chi connectivity index (χ2n) is 20.4. The van der Waals surface area contributed by atoms with E-state index in [4.69, 9.17) is 26.5 Å². The van der Waals surface area contributed by atoms with Crippen molar-refractivity contribution in [3.8, 4) is 67.4 Å². The molecule has 0 radical (unpaired) electrons. The first kappa shape index (κ1) is 37.2. The van der Waals surface area contributed by atoms with Gasteiger partial charge in [0, 0.05) is 43.0 Å². The molecule has 1 unspecified atom stereocenters. The molecule has 356 valence electrons. The van der Waals surface area contributed by atoms with Crippen molar-refractivity contribution in [1.29, 1.82) is 0 Å². The summed E-state index contributed by atoms with van der Waals surface area (Å²) in [6.07, 6.45) is 5.49. The number of hydrogen-bond donors (Lipinski definition) is 0. The van der Waals surface area contributed by atoms with Crippen LogP contribution in [0.4, 0.5) is 0 Å². The molecular formula is C66H60N2O2Pt. The van der Waals surface area contributed by atoms with E-state index in [1.807, 2.05) is 61.7 Å². The number of hydrogen-bond acceptors (Lipinski definition) is 4. The van der Waals surface area contributed by atoms with Gasteiger partial charge in [-0.1, -0.05) is 184 Å². The van der Waals surface area contributed by atoms with Gasteiger partial charge in [-0.3, -0.25) is 0 Å². The largest absolute Gasteiger partial charge is 2.00 e. The van der Waals surface area contributed by atoms with Gasteiger partial charge in [0.1, 0.15) is 5.58 Å². The Morgan fingerprint density at radius 2 is 1.35 bits per heavy atom. The summed E-state index contributed by atoms with van der Waals surface area (Å²) in [6, 6.07) is 47.1. The zero-order valence-corrected chi connectivity index (χ0v) is 43.2. The van der Waals surface area contributed by atoms with Crippen LogP contribution >= 0.6 is 0 Å². The van der Waals surface area contributed by atoms with Crippen molar-refractivity contribution in [2.45, 2.75) is 94.2 Å². The van der Waals surface area contributed by atoms with Gasteiger partial charge >= 0.3 is 21.1 Å². The Morgan fingerprint density at radius 3 is 2.10 bits per heavy atom. The zero-order chi connectivity index (χ0) is 57.1. The third kappa shape index (κ3) is 8.84. The van der Waals surface area contributed by atoms with E-state index in [0.717, 1.165) is 86.1 Å². The molecule has 1 atom stereocenters. The summed E-state index contributed by atoms with van der Waals surface area (Å²) in [6.45, 7) is 7.16. The van der Waals surface area contributed by atoms with Crippen LogP contribution in [0, 0.1) is 64.3 Å². The fraction of sp³-hybridized carbons (Fsp3) is 0.242. The molecule has 3 aromatic heterocycles. The van der Waals surface area contributed by atoms with Gasteiger partial charge in [0.15, 0.2) is 0 Å². The topological polar surface area (TPSA) is 48.2 Å². The molecule has 0 bridgehead atoms. The van der Waals surface area contributed by atoms with Gasteiger partial charge in [-0.05, 0) is 160 Å². The minimum Gasteiger partial charge on any atom is -0.501 e. The Balaban J connectivity index is 0.00000736. The maximum Gasteiger partial charge on any atom is 2.00 e. The second-order valence-corrected chi connectivity index (χ2v) is 20.4. The molecule has 0 amide bonds. The van der Waals surface area contributed by atoms with Crippen molar-refractivity contribution in [2.24, 2.45) is 10.8 Å². The molecule has 4 nitrogen and oxygen atoms in total. The van der Waals surface area contributed by atoms with Gasteiger partial charge in [0.2, 0.25) is 0 Å². The summed E-state index contributed by atoms with van der Waals surface area (Å²) < 4.78 is 99.3. The third-order valence-corrected chi connectivity index (χ3v) is 15.2. The summed E-state index contributed by atoms with van der Waals surface area (Å²) in [5, 5.41) is 3.39. The normalized spacial score (nSPS) is 18.9. The van der Waals surface area contributed by atoms with Gasteiger partial charge < -0.3 is 19.1 Å². The Labute approximate surface area is 447 Å². The Hall–Kier alpha value is -6.61. The minimum atomic E-state index is -2.82. The monoisotopic (exact) mass is 1120 g/mol. The number of nitrogens with zero attached hydrogens (tertiary/aromatic N) is 2. The van der Waals surface area contributed by atoms with Crippen LogP contribution in [0.2, 0.25) is 0 Å². The summed E-state index contributed by atoms with van der Waals surface area (Å²) in [4.78, 5) is 9.43. The molecule has 7 aromatic carbocycles. The van der Waals surface area contributed by atoms with Crippen LogP contribution in [0.3, 0.4) is 0 Å². The average molecular weight is 1120 g/mol. The third-order valence-electron chi connectivity index (χ3n) is 15.2. The van der Waals surface area contributed by atoms with E-state index in [2.05, 4.69) is 95.1 Å². The van der Waals surface area contributed by atoms with Crippen LogP contribution in [0.25, 0.3) is 88.6 Å². The van der Waals surface area contributed by atoms with E-state index in [0.29, 0.717) is 33.4 Å². The Kier molecular flexibility index (Phi) is 9.71. The van der Waals surface area contributed by atoms with Crippen molar-refractivity contribution in [3.05, 3.63) is 191 Å². The number of fused-ring (bicyclic) bond motifs is 4. The van der Waals surface area contributed by atoms with E-state index >= 15 is 0 Å². The zero-order valence-electron chi connectivity index (χ0n) is 50.9. The van der Waals surface area contributed by atoms with E-state index in [1.165, 1.54) is 6.07 Å². The smallest absolute Gasteiger partial charge is 0.501 e. The standard InChI is InChI=1S/C66H60N2O2.Pt/c1-39-28-60(67-37-42(39)4)51-30-56(45-16-12-11-13-17-45)44(6)62(32-51)69-52-33-58-57-29-46-18-14-15-19-47(46)31-63(57)70-64(58)59(34-52)61-35-55(43(5)38-68-61)54-23-21-49(27-41(54)3)53-22-20-48(26-40(53)2)50-24-25-65(7,8)66(9,10)36-50;/h11-23,26-31,33,35,37-38,50H,24-25,36H2,1-10H3;/q-2;+2/i1D3,4D3,6D3,50D;. The first-order valence-corrected chi connectivity index (χ1v) is 23.9. The van der Waals surface area contributed by atoms with Gasteiger partial charge in [0.25, 0.3) is 0 Å². The fourth-order valence-electron chi connectivity index (χ4n) is 10.2. The predicted octanol–water partition coefficient (Wildman–Crippen LogP) is 18.4. The first-order valence-electron chi connectivity index (χ1n) is 28.9. The molecule has 0 saturated heterocycles. The van der Waals surface area contributed by atoms with Crippen molar-refractivity contribution in [1.82, 2.24) is 9.97 Å². The molecule has 1 fully saturated rings. The molecule has 1 aliphatic rings. The van der Waals surface area contributed by atoms with E-state index in [-0.39, 0.29) is 65.8 Å². The summed E-state index contributed by atoms with van der Waals surface area (Å²) in [5.74, 6) is -0.725. The van der Waals surface area contributed by atoms with Crippen LogP contribution in [-0.2, 0) is 21.1 Å². The average Bonchev–Trinajstić information content (AvgIpc) is 3.75. The number of aromatic nitrogens is 2. The summed E-state index contributed by atoms with van der Waals surface area (Å²) >= 11 is 0. The molecule has 5 heteroatoms. The van der Waals surface area contributed by atoms with Crippen LogP contribution in [0.5, 0.6) is 11.5 Å². The van der Waals surface area contributed by atoms with Crippen molar-refractivity contribution in [3.63, 3.8) is 0 Å². The summed E-state index contributed by atoms with van der Waals surface area (Å²) in [5.41, 5.74) is 10.6. The van der Waals surface area contributed by atoms with Crippen molar-refractivity contribution < 1.29 is 43.9 Å². The quantitative estimate of drug-likeness (QED) is 0.142. The molecule has 0 spiro atoms. The maximum atomic E-state index is 9.66. The van der Waals surface area contributed by atoms with E-state index in [9.17, 15) is 1.37 Å². The molecule has 11 rings (SSSR count). The predicted molar refractivity (Wildman–Crippen MR) is 291 cm³/mol. The molecule has 10 aromatic rings. The first-order chi connectivity index (χ1) is 37.6. The molecule has 3 heterocycles. The number of rotatable bonds is 8. The number of ether oxygens (including phenoxy) is 1.